The summed E-state index contributed by atoms with van der Waals surface area (Å²) in [4.78, 5) is 19.6. The molecule has 0 spiro atoms. The molecule has 6 aromatic rings. The first-order valence-corrected chi connectivity index (χ1v) is 12.2. The number of carbonyl (C=O) groups is 1. The van der Waals surface area contributed by atoms with Crippen molar-refractivity contribution in [2.45, 2.75) is 13.5 Å². The Kier molecular flexibility index (Phi) is 5.62. The molecule has 37 heavy (non-hydrogen) atoms. The molecule has 0 saturated heterocycles. The number of rotatable bonds is 5. The number of nitrogens with zero attached hydrogens (tertiary/aromatic N) is 3. The van der Waals surface area contributed by atoms with Gasteiger partial charge in [-0.05, 0) is 60.2 Å². The number of fused-ring (bicyclic) bond motifs is 2. The van der Waals surface area contributed by atoms with Gasteiger partial charge in [0.05, 0.1) is 40.8 Å². The summed E-state index contributed by atoms with van der Waals surface area (Å²) >= 11 is 6.24. The molecule has 0 saturated carbocycles. The van der Waals surface area contributed by atoms with Gasteiger partial charge < -0.3 is 14.9 Å². The highest BCUT2D eigenvalue weighted by Gasteiger charge is 2.15. The zero-order chi connectivity index (χ0) is 25.5. The minimum Gasteiger partial charge on any atom is -0.361 e. The summed E-state index contributed by atoms with van der Waals surface area (Å²) in [5, 5.41) is 13.7. The molecule has 8 heteroatoms. The molecule has 3 heterocycles. The number of amides is 1. The van der Waals surface area contributed by atoms with Gasteiger partial charge in [-0.3, -0.25) is 19.8 Å². The highest BCUT2D eigenvalue weighted by atomic mass is 35.5. The second kappa shape index (κ2) is 9.11. The monoisotopic (exact) mass is 506 g/mol. The van der Waals surface area contributed by atoms with E-state index in [0.29, 0.717) is 28.6 Å². The zero-order valence-electron chi connectivity index (χ0n) is 20.0. The highest BCUT2D eigenvalue weighted by molar-refractivity contribution is 6.31. The number of para-hydroxylation sites is 2. The van der Waals surface area contributed by atoms with E-state index in [9.17, 15) is 4.79 Å². The Morgan fingerprint density at radius 2 is 1.86 bits per heavy atom. The van der Waals surface area contributed by atoms with Gasteiger partial charge in [-0.1, -0.05) is 35.9 Å². The first-order valence-electron chi connectivity index (χ1n) is 11.8. The van der Waals surface area contributed by atoms with E-state index in [2.05, 4.69) is 33.5 Å². The summed E-state index contributed by atoms with van der Waals surface area (Å²) < 4.78 is 3.91. The molecule has 182 valence electrons. The molecular weight excluding hydrogens is 484 g/mol. The number of aromatic nitrogens is 4. The fourth-order valence-electron chi connectivity index (χ4n) is 4.82. The third-order valence-corrected chi connectivity index (χ3v) is 6.70. The van der Waals surface area contributed by atoms with Crippen LogP contribution in [-0.4, -0.2) is 25.0 Å². The molecule has 0 aliphatic heterocycles. The van der Waals surface area contributed by atoms with Crippen molar-refractivity contribution in [2.75, 3.05) is 5.32 Å². The second-order valence-electron chi connectivity index (χ2n) is 8.86. The molecule has 0 fully saturated rings. The van der Waals surface area contributed by atoms with Crippen molar-refractivity contribution < 1.29 is 4.79 Å². The van der Waals surface area contributed by atoms with Crippen LogP contribution in [-0.2, 0) is 11.3 Å². The van der Waals surface area contributed by atoms with Crippen molar-refractivity contribution in [2.24, 2.45) is 0 Å². The lowest BCUT2D eigenvalue weighted by molar-refractivity contribution is -0.114. The van der Waals surface area contributed by atoms with Crippen LogP contribution >= 0.6 is 11.6 Å². The van der Waals surface area contributed by atoms with Crippen LogP contribution in [0.4, 0.5) is 5.69 Å². The SMILES string of the molecule is CC(=O)Nc1ccc(Cl)cc1-c1ccc(-n2c(=N)n(Cc3cccc4[nH]ccc34)c3ccccc32)cn1. The van der Waals surface area contributed by atoms with E-state index in [1.54, 1.807) is 24.4 Å². The largest absolute Gasteiger partial charge is 0.361 e. The number of pyridine rings is 1. The normalized spacial score (nSPS) is 11.3. The first-order chi connectivity index (χ1) is 18.0. The second-order valence-corrected chi connectivity index (χ2v) is 9.30. The lowest BCUT2D eigenvalue weighted by Crippen LogP contribution is -2.24. The van der Waals surface area contributed by atoms with Gasteiger partial charge in [0, 0.05) is 34.6 Å². The van der Waals surface area contributed by atoms with Crippen LogP contribution in [0.5, 0.6) is 0 Å². The minimum atomic E-state index is -0.169. The summed E-state index contributed by atoms with van der Waals surface area (Å²) in [6.45, 7) is 2.03. The molecule has 3 aromatic heterocycles. The van der Waals surface area contributed by atoms with Gasteiger partial charge in [0.25, 0.3) is 0 Å². The van der Waals surface area contributed by atoms with Gasteiger partial charge in [-0.2, -0.15) is 0 Å². The number of nitrogens with one attached hydrogen (secondary N) is 3. The fraction of sp³-hybridized carbons (Fsp3) is 0.0690. The fourth-order valence-corrected chi connectivity index (χ4v) is 4.99. The third-order valence-electron chi connectivity index (χ3n) is 6.47. The van der Waals surface area contributed by atoms with Crippen molar-refractivity contribution in [3.05, 3.63) is 107 Å². The molecule has 0 bridgehead atoms. The van der Waals surface area contributed by atoms with E-state index < -0.39 is 0 Å². The molecule has 0 aliphatic rings. The number of anilines is 1. The van der Waals surface area contributed by atoms with E-state index in [4.69, 9.17) is 17.0 Å². The molecule has 0 atom stereocenters. The summed E-state index contributed by atoms with van der Waals surface area (Å²) in [7, 11) is 0. The predicted octanol–water partition coefficient (Wildman–Crippen LogP) is 6.11. The molecule has 0 aliphatic carbocycles. The van der Waals surface area contributed by atoms with Crippen LogP contribution in [0.2, 0.25) is 5.02 Å². The Morgan fingerprint density at radius 1 is 1.03 bits per heavy atom. The number of benzene rings is 3. The minimum absolute atomic E-state index is 0.169. The molecule has 7 nitrogen and oxygen atoms in total. The predicted molar refractivity (Wildman–Crippen MR) is 147 cm³/mol. The Hall–Kier alpha value is -4.62. The maximum absolute atomic E-state index is 11.7. The zero-order valence-corrected chi connectivity index (χ0v) is 20.8. The maximum Gasteiger partial charge on any atom is 0.221 e. The van der Waals surface area contributed by atoms with Gasteiger partial charge in [0.15, 0.2) is 0 Å². The molecule has 0 unspecified atom stereocenters. The van der Waals surface area contributed by atoms with Crippen LogP contribution in [0.15, 0.2) is 91.3 Å². The van der Waals surface area contributed by atoms with E-state index in [0.717, 1.165) is 38.8 Å². The number of aromatic amines is 1. The summed E-state index contributed by atoms with van der Waals surface area (Å²) in [5.74, 6) is -0.169. The quantitative estimate of drug-likeness (QED) is 0.263. The molecule has 6 rings (SSSR count). The Labute approximate surface area is 217 Å². The first kappa shape index (κ1) is 22.8. The van der Waals surface area contributed by atoms with Gasteiger partial charge in [-0.15, -0.1) is 0 Å². The molecular formula is C29H23ClN6O. The van der Waals surface area contributed by atoms with Crippen molar-refractivity contribution in [3.8, 4) is 16.9 Å². The Balaban J connectivity index is 1.44. The van der Waals surface area contributed by atoms with E-state index in [1.165, 1.54) is 6.92 Å². The van der Waals surface area contributed by atoms with Gasteiger partial charge >= 0.3 is 0 Å². The number of carbonyl (C=O) groups excluding carboxylic acids is 1. The van der Waals surface area contributed by atoms with Crippen molar-refractivity contribution in [3.63, 3.8) is 0 Å². The van der Waals surface area contributed by atoms with Gasteiger partial charge in [0.2, 0.25) is 11.5 Å². The lowest BCUT2D eigenvalue weighted by Gasteiger charge is -2.11. The van der Waals surface area contributed by atoms with Crippen LogP contribution < -0.4 is 10.9 Å². The van der Waals surface area contributed by atoms with Crippen LogP contribution in [0.3, 0.4) is 0 Å². The summed E-state index contributed by atoms with van der Waals surface area (Å²) in [6, 6.07) is 25.4. The van der Waals surface area contributed by atoms with Gasteiger partial charge in [-0.25, -0.2) is 0 Å². The Morgan fingerprint density at radius 3 is 2.65 bits per heavy atom. The van der Waals surface area contributed by atoms with Crippen molar-refractivity contribution in [1.29, 1.82) is 5.41 Å². The average molecular weight is 507 g/mol. The van der Waals surface area contributed by atoms with E-state index in [-0.39, 0.29) is 5.91 Å². The topological polar surface area (TPSA) is 91.5 Å². The van der Waals surface area contributed by atoms with Crippen molar-refractivity contribution >= 4 is 45.1 Å². The van der Waals surface area contributed by atoms with Crippen LogP contribution in [0.1, 0.15) is 12.5 Å². The van der Waals surface area contributed by atoms with E-state index in [1.807, 2.05) is 57.8 Å². The number of hydrogen-bond acceptors (Lipinski definition) is 3. The van der Waals surface area contributed by atoms with E-state index >= 15 is 0 Å². The van der Waals surface area contributed by atoms with Gasteiger partial charge in [0.1, 0.15) is 0 Å². The van der Waals surface area contributed by atoms with Crippen LogP contribution in [0, 0.1) is 5.41 Å². The number of halogens is 1. The summed E-state index contributed by atoms with van der Waals surface area (Å²) in [5.41, 5.74) is 7.26. The standard InChI is InChI=1S/C29H23ClN6O/c1-18(37)34-26-11-9-20(30)15-23(26)25-12-10-21(16-33-25)36-28-8-3-2-7-27(28)35(29(36)31)17-19-5-4-6-24-22(19)13-14-32-24/h2-16,31-32H,17H2,1H3,(H,34,37). The van der Waals surface area contributed by atoms with Crippen molar-refractivity contribution in [1.82, 2.24) is 19.1 Å². The highest BCUT2D eigenvalue weighted by Crippen LogP contribution is 2.30. The Bertz CT molecular complexity index is 1840. The average Bonchev–Trinajstić information content (AvgIpc) is 3.49. The maximum atomic E-state index is 11.7. The number of hydrogen-bond donors (Lipinski definition) is 3. The summed E-state index contributed by atoms with van der Waals surface area (Å²) in [6.07, 6.45) is 3.68. The number of imidazole rings is 1. The molecule has 1 amide bonds. The third kappa shape index (κ3) is 4.09. The molecule has 3 N–H and O–H groups in total. The molecule has 3 aromatic carbocycles. The lowest BCUT2D eigenvalue weighted by atomic mass is 10.1. The smallest absolute Gasteiger partial charge is 0.221 e. The number of H-pyrrole nitrogens is 1. The molecule has 0 radical (unpaired) electrons. The van der Waals surface area contributed by atoms with Crippen LogP contribution in [0.25, 0.3) is 38.9 Å².